The van der Waals surface area contributed by atoms with Gasteiger partial charge in [-0.05, 0) is 17.7 Å². The van der Waals surface area contributed by atoms with Gasteiger partial charge in [0.1, 0.15) is 16.4 Å². The molecular formula is C22H15ClN4O3S2. The quantitative estimate of drug-likeness (QED) is 0.303. The summed E-state index contributed by atoms with van der Waals surface area (Å²) in [5.41, 5.74) is 1.72. The summed E-state index contributed by atoms with van der Waals surface area (Å²) in [5, 5.41) is 11.4. The lowest BCUT2D eigenvalue weighted by molar-refractivity contribution is 0.252. The first-order valence-corrected chi connectivity index (χ1v) is 11.8. The highest BCUT2D eigenvalue weighted by Crippen LogP contribution is 2.31. The Balaban J connectivity index is 1.27. The highest BCUT2D eigenvalue weighted by atomic mass is 35.5. The highest BCUT2D eigenvalue weighted by Gasteiger charge is 2.14. The first kappa shape index (κ1) is 20.7. The Labute approximate surface area is 195 Å². The number of fused-ring (bicyclic) bond motifs is 1. The Bertz CT molecular complexity index is 1430. The van der Waals surface area contributed by atoms with Crippen molar-refractivity contribution in [2.24, 2.45) is 0 Å². The van der Waals surface area contributed by atoms with Crippen LogP contribution < -0.4 is 10.3 Å². The number of nitrogens with one attached hydrogen (secondary N) is 1. The van der Waals surface area contributed by atoms with Crippen molar-refractivity contribution in [3.8, 4) is 16.9 Å². The molecule has 0 fully saturated rings. The van der Waals surface area contributed by atoms with Crippen molar-refractivity contribution in [1.29, 1.82) is 0 Å². The molecule has 7 nitrogen and oxygen atoms in total. The van der Waals surface area contributed by atoms with E-state index in [0.717, 1.165) is 11.1 Å². The van der Waals surface area contributed by atoms with E-state index in [-0.39, 0.29) is 12.2 Å². The standard InChI is InChI=1S/C22H15ClN4O3S2/c23-15-8-4-5-9-16(15)29-10-18-26-27-22(30-18)32-12-17-24-20(28)19-14(11-31-21(19)25-17)13-6-2-1-3-7-13/h1-9,11H,10,12H2,(H,24,25,28). The van der Waals surface area contributed by atoms with Gasteiger partial charge in [-0.1, -0.05) is 65.8 Å². The summed E-state index contributed by atoms with van der Waals surface area (Å²) in [7, 11) is 0. The molecule has 0 saturated carbocycles. The number of halogens is 1. The lowest BCUT2D eigenvalue weighted by atomic mass is 10.1. The molecule has 2 aromatic carbocycles. The molecule has 5 aromatic rings. The third kappa shape index (κ3) is 4.40. The predicted octanol–water partition coefficient (Wildman–Crippen LogP) is 5.56. The van der Waals surface area contributed by atoms with Crippen LogP contribution in [-0.2, 0) is 12.4 Å². The van der Waals surface area contributed by atoms with Crippen molar-refractivity contribution in [3.05, 3.63) is 87.1 Å². The number of thiophene rings is 1. The molecule has 0 aliphatic carbocycles. The van der Waals surface area contributed by atoms with E-state index < -0.39 is 0 Å². The number of para-hydroxylation sites is 1. The lowest BCUT2D eigenvalue weighted by Gasteiger charge is -2.04. The number of aromatic amines is 1. The molecule has 0 saturated heterocycles. The lowest BCUT2D eigenvalue weighted by Crippen LogP contribution is -2.10. The zero-order valence-corrected chi connectivity index (χ0v) is 18.8. The minimum Gasteiger partial charge on any atom is -0.482 e. The van der Waals surface area contributed by atoms with Crippen LogP contribution in [0.25, 0.3) is 21.3 Å². The van der Waals surface area contributed by atoms with E-state index in [2.05, 4.69) is 20.2 Å². The minimum atomic E-state index is -0.162. The molecule has 0 aliphatic heterocycles. The first-order chi connectivity index (χ1) is 15.7. The van der Waals surface area contributed by atoms with Crippen LogP contribution in [0.5, 0.6) is 5.75 Å². The van der Waals surface area contributed by atoms with Crippen LogP contribution in [0.4, 0.5) is 0 Å². The van der Waals surface area contributed by atoms with E-state index in [4.69, 9.17) is 20.8 Å². The molecule has 0 aliphatic rings. The summed E-state index contributed by atoms with van der Waals surface area (Å²) in [4.78, 5) is 20.9. The van der Waals surface area contributed by atoms with Crippen LogP contribution in [0.2, 0.25) is 5.02 Å². The number of hydrogen-bond acceptors (Lipinski definition) is 8. The average molecular weight is 483 g/mol. The van der Waals surface area contributed by atoms with Gasteiger partial charge in [0.15, 0.2) is 6.61 Å². The monoisotopic (exact) mass is 482 g/mol. The van der Waals surface area contributed by atoms with Gasteiger partial charge in [-0.2, -0.15) is 0 Å². The molecule has 0 amide bonds. The molecule has 160 valence electrons. The maximum absolute atomic E-state index is 12.7. The van der Waals surface area contributed by atoms with Crippen molar-refractivity contribution in [1.82, 2.24) is 20.2 Å². The summed E-state index contributed by atoms with van der Waals surface area (Å²) in [6.45, 7) is 0.107. The Morgan fingerprint density at radius 3 is 2.75 bits per heavy atom. The van der Waals surface area contributed by atoms with E-state index in [1.165, 1.54) is 23.1 Å². The topological polar surface area (TPSA) is 93.9 Å². The average Bonchev–Trinajstić information content (AvgIpc) is 3.45. The van der Waals surface area contributed by atoms with E-state index >= 15 is 0 Å². The number of thioether (sulfide) groups is 1. The summed E-state index contributed by atoms with van der Waals surface area (Å²) >= 11 is 8.81. The van der Waals surface area contributed by atoms with Crippen LogP contribution in [0.1, 0.15) is 11.7 Å². The number of aromatic nitrogens is 4. The smallest absolute Gasteiger partial charge is 0.277 e. The fourth-order valence-electron chi connectivity index (χ4n) is 3.08. The minimum absolute atomic E-state index is 0.107. The van der Waals surface area contributed by atoms with Crippen LogP contribution in [0.15, 0.2) is 74.4 Å². The third-order valence-corrected chi connectivity index (χ3v) is 6.56. The summed E-state index contributed by atoms with van der Waals surface area (Å²) in [6, 6.07) is 17.0. The Kier molecular flexibility index (Phi) is 5.93. The van der Waals surface area contributed by atoms with Crippen molar-refractivity contribution >= 4 is 44.9 Å². The number of nitrogens with zero attached hydrogens (tertiary/aromatic N) is 3. The molecule has 3 heterocycles. The van der Waals surface area contributed by atoms with Crippen LogP contribution in [0, 0.1) is 0 Å². The Morgan fingerprint density at radius 2 is 1.91 bits per heavy atom. The molecule has 5 rings (SSSR count). The molecule has 0 radical (unpaired) electrons. The van der Waals surface area contributed by atoms with Crippen molar-refractivity contribution in [3.63, 3.8) is 0 Å². The second kappa shape index (κ2) is 9.15. The molecule has 0 bridgehead atoms. The van der Waals surface area contributed by atoms with E-state index in [9.17, 15) is 4.79 Å². The van der Waals surface area contributed by atoms with Crippen molar-refractivity contribution in [2.75, 3.05) is 0 Å². The van der Waals surface area contributed by atoms with Gasteiger partial charge in [-0.3, -0.25) is 4.79 Å². The van der Waals surface area contributed by atoms with E-state index in [1.807, 2.05) is 47.8 Å². The normalized spacial score (nSPS) is 11.2. The van der Waals surface area contributed by atoms with Gasteiger partial charge in [0.25, 0.3) is 16.7 Å². The number of rotatable bonds is 7. The molecular weight excluding hydrogens is 468 g/mol. The molecule has 32 heavy (non-hydrogen) atoms. The van der Waals surface area contributed by atoms with E-state index in [1.54, 1.807) is 12.1 Å². The van der Waals surface area contributed by atoms with Crippen LogP contribution in [-0.4, -0.2) is 20.2 Å². The summed E-state index contributed by atoms with van der Waals surface area (Å²) in [6.07, 6.45) is 0. The molecule has 10 heteroatoms. The molecule has 0 unspecified atom stereocenters. The van der Waals surface area contributed by atoms with Gasteiger partial charge < -0.3 is 14.1 Å². The fourth-order valence-corrected chi connectivity index (χ4v) is 4.89. The molecule has 0 atom stereocenters. The Morgan fingerprint density at radius 1 is 1.09 bits per heavy atom. The second-order valence-electron chi connectivity index (χ2n) is 6.68. The van der Waals surface area contributed by atoms with Gasteiger partial charge in [-0.15, -0.1) is 21.5 Å². The SMILES string of the molecule is O=c1[nH]c(CSc2nnc(COc3ccccc3Cl)o2)nc2scc(-c3ccccc3)c12. The third-order valence-electron chi connectivity index (χ3n) is 4.55. The second-order valence-corrected chi connectivity index (χ2v) is 8.87. The summed E-state index contributed by atoms with van der Waals surface area (Å²) < 4.78 is 11.2. The fraction of sp³-hybridized carbons (Fsp3) is 0.0909. The van der Waals surface area contributed by atoms with Gasteiger partial charge >= 0.3 is 0 Å². The first-order valence-electron chi connectivity index (χ1n) is 9.56. The maximum atomic E-state index is 12.7. The predicted molar refractivity (Wildman–Crippen MR) is 125 cm³/mol. The molecule has 0 spiro atoms. The summed E-state index contributed by atoms with van der Waals surface area (Å²) in [5.74, 6) is 1.80. The number of benzene rings is 2. The van der Waals surface area contributed by atoms with Crippen molar-refractivity contribution in [2.45, 2.75) is 17.6 Å². The van der Waals surface area contributed by atoms with Crippen LogP contribution >= 0.6 is 34.7 Å². The maximum Gasteiger partial charge on any atom is 0.277 e. The van der Waals surface area contributed by atoms with Crippen LogP contribution in [0.3, 0.4) is 0 Å². The number of ether oxygens (including phenoxy) is 1. The zero-order chi connectivity index (χ0) is 21.9. The molecule has 3 aromatic heterocycles. The zero-order valence-electron chi connectivity index (χ0n) is 16.4. The largest absolute Gasteiger partial charge is 0.482 e. The highest BCUT2D eigenvalue weighted by molar-refractivity contribution is 7.98. The van der Waals surface area contributed by atoms with Crippen molar-refractivity contribution < 1.29 is 9.15 Å². The number of H-pyrrole nitrogens is 1. The van der Waals surface area contributed by atoms with Gasteiger partial charge in [0.05, 0.1) is 16.2 Å². The number of hydrogen-bond donors (Lipinski definition) is 1. The van der Waals surface area contributed by atoms with Gasteiger partial charge in [0.2, 0.25) is 0 Å². The Hall–Kier alpha value is -3.14. The van der Waals surface area contributed by atoms with Gasteiger partial charge in [-0.25, -0.2) is 4.98 Å². The van der Waals surface area contributed by atoms with Gasteiger partial charge in [0, 0.05) is 10.9 Å². The molecule has 1 N–H and O–H groups in total. The van der Waals surface area contributed by atoms with E-state index in [0.29, 0.717) is 43.7 Å².